The second-order valence-electron chi connectivity index (χ2n) is 7.37. The SMILES string of the molecule is CN=C(NCCc1c[nH]c2cccc(C)c12)NCC(c1cnn(C)c1)N(C)C.I. The minimum Gasteiger partial charge on any atom is -0.361 e. The van der Waals surface area contributed by atoms with Crippen molar-refractivity contribution in [1.82, 2.24) is 30.3 Å². The van der Waals surface area contributed by atoms with Crippen LogP contribution in [0.5, 0.6) is 0 Å². The van der Waals surface area contributed by atoms with Crippen LogP contribution in [0.2, 0.25) is 0 Å². The minimum absolute atomic E-state index is 0. The third-order valence-electron chi connectivity index (χ3n) is 5.10. The predicted octanol–water partition coefficient (Wildman–Crippen LogP) is 2.84. The summed E-state index contributed by atoms with van der Waals surface area (Å²) < 4.78 is 1.84. The van der Waals surface area contributed by atoms with Gasteiger partial charge in [-0.1, -0.05) is 12.1 Å². The summed E-state index contributed by atoms with van der Waals surface area (Å²) in [5.41, 5.74) is 5.02. The molecule has 1 unspecified atom stereocenters. The van der Waals surface area contributed by atoms with Gasteiger partial charge in [-0.25, -0.2) is 0 Å². The maximum absolute atomic E-state index is 4.36. The standard InChI is InChI=1S/C21H31N7.HI/c1-15-7-6-8-18-20(15)16(11-24-18)9-10-23-21(22-2)25-13-19(27(3)4)17-12-26-28(5)14-17;/h6-8,11-12,14,19,24H,9-10,13H2,1-5H3,(H2,22,23,25);1H. The first-order valence-corrected chi connectivity index (χ1v) is 9.64. The largest absolute Gasteiger partial charge is 0.361 e. The highest BCUT2D eigenvalue weighted by atomic mass is 127. The van der Waals surface area contributed by atoms with E-state index in [1.165, 1.54) is 27.6 Å². The van der Waals surface area contributed by atoms with Crippen LogP contribution in [0.25, 0.3) is 10.9 Å². The molecule has 0 radical (unpaired) electrons. The Morgan fingerprint density at radius 1 is 1.31 bits per heavy atom. The summed E-state index contributed by atoms with van der Waals surface area (Å²) in [6, 6.07) is 6.60. The normalized spacial score (nSPS) is 12.8. The molecule has 3 rings (SSSR count). The molecular formula is C21H32IN7. The van der Waals surface area contributed by atoms with E-state index in [1.54, 1.807) is 7.05 Å². The molecule has 3 N–H and O–H groups in total. The molecule has 0 aliphatic rings. The highest BCUT2D eigenvalue weighted by molar-refractivity contribution is 14.0. The Balaban J connectivity index is 0.00000300. The Labute approximate surface area is 190 Å². The van der Waals surface area contributed by atoms with Gasteiger partial charge < -0.3 is 20.5 Å². The van der Waals surface area contributed by atoms with Crippen molar-refractivity contribution in [2.75, 3.05) is 34.2 Å². The van der Waals surface area contributed by atoms with Crippen molar-refractivity contribution < 1.29 is 0 Å². The maximum atomic E-state index is 4.36. The lowest BCUT2D eigenvalue weighted by Crippen LogP contribution is -2.42. The summed E-state index contributed by atoms with van der Waals surface area (Å²) >= 11 is 0. The van der Waals surface area contributed by atoms with Gasteiger partial charge in [-0.2, -0.15) is 5.10 Å². The Morgan fingerprint density at radius 3 is 2.76 bits per heavy atom. The number of hydrogen-bond donors (Lipinski definition) is 3. The minimum atomic E-state index is 0. The lowest BCUT2D eigenvalue weighted by Gasteiger charge is -2.24. The van der Waals surface area contributed by atoms with E-state index >= 15 is 0 Å². The van der Waals surface area contributed by atoms with Gasteiger partial charge >= 0.3 is 0 Å². The summed E-state index contributed by atoms with van der Waals surface area (Å²) in [7, 11) is 7.90. The van der Waals surface area contributed by atoms with E-state index in [-0.39, 0.29) is 30.0 Å². The average molecular weight is 509 g/mol. The van der Waals surface area contributed by atoms with E-state index < -0.39 is 0 Å². The molecule has 0 aliphatic carbocycles. The van der Waals surface area contributed by atoms with Crippen molar-refractivity contribution >= 4 is 40.8 Å². The Kier molecular flexibility index (Phi) is 8.51. The number of hydrogen-bond acceptors (Lipinski definition) is 3. The molecule has 29 heavy (non-hydrogen) atoms. The van der Waals surface area contributed by atoms with Crippen molar-refractivity contribution in [1.29, 1.82) is 0 Å². The summed E-state index contributed by atoms with van der Waals surface area (Å²) in [5.74, 6) is 0.812. The fraction of sp³-hybridized carbons (Fsp3) is 0.429. The molecular weight excluding hydrogens is 477 g/mol. The van der Waals surface area contributed by atoms with Crippen LogP contribution in [0.4, 0.5) is 0 Å². The van der Waals surface area contributed by atoms with Gasteiger partial charge in [0.1, 0.15) is 0 Å². The van der Waals surface area contributed by atoms with Crippen molar-refractivity contribution in [3.05, 3.63) is 53.5 Å². The topological polar surface area (TPSA) is 73.3 Å². The number of aromatic nitrogens is 3. The average Bonchev–Trinajstić information content (AvgIpc) is 3.27. The number of aliphatic imine (C=N–C) groups is 1. The molecule has 0 bridgehead atoms. The second kappa shape index (κ2) is 10.6. The van der Waals surface area contributed by atoms with E-state index in [1.807, 2.05) is 17.9 Å². The predicted molar refractivity (Wildman–Crippen MR) is 131 cm³/mol. The van der Waals surface area contributed by atoms with Crippen molar-refractivity contribution in [3.8, 4) is 0 Å². The van der Waals surface area contributed by atoms with Gasteiger partial charge in [-0.3, -0.25) is 9.67 Å². The van der Waals surface area contributed by atoms with Gasteiger partial charge in [0, 0.05) is 56.0 Å². The monoisotopic (exact) mass is 509 g/mol. The van der Waals surface area contributed by atoms with E-state index in [9.17, 15) is 0 Å². The summed E-state index contributed by atoms with van der Waals surface area (Å²) in [6.07, 6.45) is 7.02. The first-order valence-electron chi connectivity index (χ1n) is 9.64. The quantitative estimate of drug-likeness (QED) is 0.260. The molecule has 0 fully saturated rings. The number of rotatable bonds is 7. The fourth-order valence-electron chi connectivity index (χ4n) is 3.59. The van der Waals surface area contributed by atoms with E-state index in [2.05, 4.69) is 82.2 Å². The number of aromatic amines is 1. The van der Waals surface area contributed by atoms with Crippen LogP contribution < -0.4 is 10.6 Å². The molecule has 1 atom stereocenters. The number of nitrogens with zero attached hydrogens (tertiary/aromatic N) is 4. The molecule has 0 amide bonds. The van der Waals surface area contributed by atoms with E-state index in [0.717, 1.165) is 25.5 Å². The number of guanidine groups is 1. The van der Waals surface area contributed by atoms with Gasteiger partial charge in [-0.15, -0.1) is 24.0 Å². The van der Waals surface area contributed by atoms with Gasteiger partial charge in [0.25, 0.3) is 0 Å². The van der Waals surface area contributed by atoms with Gasteiger partial charge in [-0.05, 0) is 44.6 Å². The molecule has 0 aliphatic heterocycles. The Bertz CT molecular complexity index is 942. The molecule has 0 saturated carbocycles. The van der Waals surface area contributed by atoms with Crippen molar-refractivity contribution in [3.63, 3.8) is 0 Å². The molecule has 7 nitrogen and oxygen atoms in total. The number of halogens is 1. The van der Waals surface area contributed by atoms with Crippen molar-refractivity contribution in [2.24, 2.45) is 12.0 Å². The fourth-order valence-corrected chi connectivity index (χ4v) is 3.59. The molecule has 8 heteroatoms. The van der Waals surface area contributed by atoms with Gasteiger partial charge in [0.15, 0.2) is 5.96 Å². The Hall–Kier alpha value is -2.07. The summed E-state index contributed by atoms with van der Waals surface area (Å²) in [5, 5.41) is 12.5. The summed E-state index contributed by atoms with van der Waals surface area (Å²) in [6.45, 7) is 3.73. The van der Waals surface area contributed by atoms with Crippen LogP contribution in [0.3, 0.4) is 0 Å². The number of aryl methyl sites for hydroxylation is 2. The third-order valence-corrected chi connectivity index (χ3v) is 5.10. The number of likely N-dealkylation sites (N-methyl/N-ethyl adjacent to an activating group) is 1. The lowest BCUT2D eigenvalue weighted by molar-refractivity contribution is 0.298. The van der Waals surface area contributed by atoms with Crippen LogP contribution in [0.15, 0.2) is 41.8 Å². The second-order valence-corrected chi connectivity index (χ2v) is 7.37. The zero-order chi connectivity index (χ0) is 20.1. The number of fused-ring (bicyclic) bond motifs is 1. The maximum Gasteiger partial charge on any atom is 0.191 e. The van der Waals surface area contributed by atoms with Crippen LogP contribution in [0, 0.1) is 6.92 Å². The first-order chi connectivity index (χ1) is 13.5. The zero-order valence-electron chi connectivity index (χ0n) is 17.9. The third kappa shape index (κ3) is 5.72. The molecule has 3 aromatic rings. The van der Waals surface area contributed by atoms with Crippen molar-refractivity contribution in [2.45, 2.75) is 19.4 Å². The number of benzene rings is 1. The van der Waals surface area contributed by atoms with Crippen LogP contribution in [0.1, 0.15) is 22.7 Å². The Morgan fingerprint density at radius 2 is 2.10 bits per heavy atom. The molecule has 1 aromatic carbocycles. The molecule has 0 spiro atoms. The van der Waals surface area contributed by atoms with Crippen LogP contribution >= 0.6 is 24.0 Å². The number of nitrogens with one attached hydrogen (secondary N) is 3. The molecule has 158 valence electrons. The molecule has 2 heterocycles. The van der Waals surface area contributed by atoms with Crippen LogP contribution in [-0.4, -0.2) is 59.9 Å². The van der Waals surface area contributed by atoms with E-state index in [0.29, 0.717) is 0 Å². The smallest absolute Gasteiger partial charge is 0.191 e. The van der Waals surface area contributed by atoms with Crippen LogP contribution in [-0.2, 0) is 13.5 Å². The highest BCUT2D eigenvalue weighted by Crippen LogP contribution is 2.22. The first kappa shape index (κ1) is 23.2. The molecule has 0 saturated heterocycles. The molecule has 2 aromatic heterocycles. The summed E-state index contributed by atoms with van der Waals surface area (Å²) in [4.78, 5) is 9.92. The van der Waals surface area contributed by atoms with Gasteiger partial charge in [0.2, 0.25) is 0 Å². The zero-order valence-corrected chi connectivity index (χ0v) is 20.2. The van der Waals surface area contributed by atoms with Gasteiger partial charge in [0.05, 0.1) is 12.2 Å². The lowest BCUT2D eigenvalue weighted by atomic mass is 10.1. The van der Waals surface area contributed by atoms with E-state index in [4.69, 9.17) is 0 Å². The highest BCUT2D eigenvalue weighted by Gasteiger charge is 2.16. The number of H-pyrrole nitrogens is 1.